The SMILES string of the molecule is CCC1CCC(Nc2c(N)cccc2C(N)=O)CC1. The Hall–Kier alpha value is -1.71. The smallest absolute Gasteiger partial charge is 0.250 e. The number of amides is 1. The van der Waals surface area contributed by atoms with E-state index in [-0.39, 0.29) is 0 Å². The van der Waals surface area contributed by atoms with Gasteiger partial charge >= 0.3 is 0 Å². The minimum Gasteiger partial charge on any atom is -0.397 e. The van der Waals surface area contributed by atoms with E-state index in [0.717, 1.165) is 18.8 Å². The van der Waals surface area contributed by atoms with Crippen LogP contribution in [0.5, 0.6) is 0 Å². The monoisotopic (exact) mass is 261 g/mol. The van der Waals surface area contributed by atoms with E-state index in [4.69, 9.17) is 11.5 Å². The Morgan fingerprint density at radius 2 is 2.00 bits per heavy atom. The van der Waals surface area contributed by atoms with Crippen molar-refractivity contribution in [1.82, 2.24) is 0 Å². The highest BCUT2D eigenvalue weighted by molar-refractivity contribution is 6.01. The number of hydrogen-bond donors (Lipinski definition) is 3. The summed E-state index contributed by atoms with van der Waals surface area (Å²) in [4.78, 5) is 11.4. The fourth-order valence-electron chi connectivity index (χ4n) is 2.86. The van der Waals surface area contributed by atoms with Gasteiger partial charge in [-0.25, -0.2) is 0 Å². The first-order valence-corrected chi connectivity index (χ1v) is 7.06. The van der Waals surface area contributed by atoms with E-state index in [1.807, 2.05) is 0 Å². The van der Waals surface area contributed by atoms with Crippen LogP contribution in [-0.2, 0) is 0 Å². The predicted molar refractivity (Wildman–Crippen MR) is 79.0 cm³/mol. The van der Waals surface area contributed by atoms with E-state index in [0.29, 0.717) is 23.0 Å². The number of nitrogen functional groups attached to an aromatic ring is 1. The van der Waals surface area contributed by atoms with Crippen molar-refractivity contribution in [3.8, 4) is 0 Å². The number of benzene rings is 1. The molecule has 0 spiro atoms. The van der Waals surface area contributed by atoms with Crippen molar-refractivity contribution in [3.05, 3.63) is 23.8 Å². The molecular formula is C15H23N3O. The molecule has 5 N–H and O–H groups in total. The van der Waals surface area contributed by atoms with Crippen molar-refractivity contribution in [2.45, 2.75) is 45.1 Å². The molecule has 0 unspecified atom stereocenters. The third kappa shape index (κ3) is 3.19. The molecule has 1 fully saturated rings. The lowest BCUT2D eigenvalue weighted by molar-refractivity contribution is 0.100. The Labute approximate surface area is 114 Å². The van der Waals surface area contributed by atoms with Crippen LogP contribution in [0.15, 0.2) is 18.2 Å². The Morgan fingerprint density at radius 1 is 1.32 bits per heavy atom. The highest BCUT2D eigenvalue weighted by Crippen LogP contribution is 2.31. The fraction of sp³-hybridized carbons (Fsp3) is 0.533. The zero-order valence-corrected chi connectivity index (χ0v) is 11.5. The summed E-state index contributed by atoms with van der Waals surface area (Å²) >= 11 is 0. The molecule has 0 aliphatic heterocycles. The normalized spacial score (nSPS) is 23.0. The summed E-state index contributed by atoms with van der Waals surface area (Å²) in [5.74, 6) is 0.416. The number of primary amides is 1. The fourth-order valence-corrected chi connectivity index (χ4v) is 2.86. The highest BCUT2D eigenvalue weighted by Gasteiger charge is 2.21. The van der Waals surface area contributed by atoms with Crippen LogP contribution in [0.2, 0.25) is 0 Å². The average molecular weight is 261 g/mol. The van der Waals surface area contributed by atoms with E-state index in [2.05, 4.69) is 12.2 Å². The Kier molecular flexibility index (Phi) is 4.30. The first-order chi connectivity index (χ1) is 9.11. The lowest BCUT2D eigenvalue weighted by atomic mass is 9.84. The lowest BCUT2D eigenvalue weighted by Crippen LogP contribution is -2.28. The van der Waals surface area contributed by atoms with Crippen molar-refractivity contribution >= 4 is 17.3 Å². The Balaban J connectivity index is 2.09. The molecule has 1 amide bonds. The van der Waals surface area contributed by atoms with Crippen LogP contribution in [0.4, 0.5) is 11.4 Å². The number of carbonyl (C=O) groups excluding carboxylic acids is 1. The molecule has 1 aliphatic carbocycles. The summed E-state index contributed by atoms with van der Waals surface area (Å²) in [7, 11) is 0. The van der Waals surface area contributed by atoms with Crippen molar-refractivity contribution in [3.63, 3.8) is 0 Å². The predicted octanol–water partition coefficient (Wildman–Crippen LogP) is 2.75. The zero-order valence-electron chi connectivity index (χ0n) is 11.5. The summed E-state index contributed by atoms with van der Waals surface area (Å²) < 4.78 is 0. The number of anilines is 2. The highest BCUT2D eigenvalue weighted by atomic mass is 16.1. The van der Waals surface area contributed by atoms with Crippen LogP contribution in [0.1, 0.15) is 49.4 Å². The van der Waals surface area contributed by atoms with Crippen molar-refractivity contribution in [1.29, 1.82) is 0 Å². The largest absolute Gasteiger partial charge is 0.397 e. The van der Waals surface area contributed by atoms with Crippen LogP contribution < -0.4 is 16.8 Å². The maximum atomic E-state index is 11.4. The number of rotatable bonds is 4. The molecule has 0 atom stereocenters. The molecule has 1 aliphatic rings. The molecule has 0 radical (unpaired) electrons. The quantitative estimate of drug-likeness (QED) is 0.729. The van der Waals surface area contributed by atoms with Crippen molar-refractivity contribution in [2.75, 3.05) is 11.1 Å². The molecule has 0 aromatic heterocycles. The van der Waals surface area contributed by atoms with Gasteiger partial charge in [-0.3, -0.25) is 4.79 Å². The minimum absolute atomic E-state index is 0.394. The first kappa shape index (κ1) is 13.7. The molecule has 19 heavy (non-hydrogen) atoms. The maximum Gasteiger partial charge on any atom is 0.250 e. The second kappa shape index (κ2) is 5.95. The number of hydrogen-bond acceptors (Lipinski definition) is 3. The van der Waals surface area contributed by atoms with Crippen LogP contribution in [0.25, 0.3) is 0 Å². The molecule has 2 rings (SSSR count). The molecule has 4 heteroatoms. The second-order valence-corrected chi connectivity index (χ2v) is 5.40. The Morgan fingerprint density at radius 3 is 2.58 bits per heavy atom. The summed E-state index contributed by atoms with van der Waals surface area (Å²) in [5, 5.41) is 3.42. The third-order valence-electron chi connectivity index (χ3n) is 4.13. The van der Waals surface area contributed by atoms with Gasteiger partial charge < -0.3 is 16.8 Å². The first-order valence-electron chi connectivity index (χ1n) is 7.06. The molecular weight excluding hydrogens is 238 g/mol. The van der Waals surface area contributed by atoms with Gasteiger partial charge in [0.05, 0.1) is 16.9 Å². The second-order valence-electron chi connectivity index (χ2n) is 5.40. The summed E-state index contributed by atoms with van der Waals surface area (Å²) in [5.41, 5.74) is 13.1. The van der Waals surface area contributed by atoms with Gasteiger partial charge in [-0.1, -0.05) is 19.4 Å². The van der Waals surface area contributed by atoms with Crippen LogP contribution >= 0.6 is 0 Å². The summed E-state index contributed by atoms with van der Waals surface area (Å²) in [6.45, 7) is 2.25. The van der Waals surface area contributed by atoms with E-state index < -0.39 is 5.91 Å². The average Bonchev–Trinajstić information content (AvgIpc) is 2.41. The number of nitrogens with two attached hydrogens (primary N) is 2. The number of para-hydroxylation sites is 1. The van der Waals surface area contributed by atoms with Gasteiger partial charge in [0.25, 0.3) is 5.91 Å². The molecule has 0 bridgehead atoms. The van der Waals surface area contributed by atoms with Crippen LogP contribution in [0.3, 0.4) is 0 Å². The van der Waals surface area contributed by atoms with E-state index in [1.54, 1.807) is 18.2 Å². The topological polar surface area (TPSA) is 81.1 Å². The number of carbonyl (C=O) groups is 1. The van der Waals surface area contributed by atoms with E-state index >= 15 is 0 Å². The molecule has 1 saturated carbocycles. The minimum atomic E-state index is -0.433. The van der Waals surface area contributed by atoms with Gasteiger partial charge in [-0.05, 0) is 43.7 Å². The van der Waals surface area contributed by atoms with Gasteiger partial charge in [0.15, 0.2) is 0 Å². The van der Waals surface area contributed by atoms with E-state index in [1.165, 1.54) is 19.3 Å². The van der Waals surface area contributed by atoms with Crippen molar-refractivity contribution in [2.24, 2.45) is 11.7 Å². The summed E-state index contributed by atoms with van der Waals surface area (Å²) in [6.07, 6.45) is 6.00. The van der Waals surface area contributed by atoms with Crippen molar-refractivity contribution < 1.29 is 4.79 Å². The van der Waals surface area contributed by atoms with Crippen LogP contribution in [0, 0.1) is 5.92 Å². The van der Waals surface area contributed by atoms with Gasteiger partial charge in [0, 0.05) is 6.04 Å². The molecule has 0 heterocycles. The third-order valence-corrected chi connectivity index (χ3v) is 4.13. The van der Waals surface area contributed by atoms with Gasteiger partial charge in [-0.15, -0.1) is 0 Å². The molecule has 0 saturated heterocycles. The summed E-state index contributed by atoms with van der Waals surface area (Å²) in [6, 6.07) is 5.67. The van der Waals surface area contributed by atoms with Gasteiger partial charge in [0.2, 0.25) is 0 Å². The standard InChI is InChI=1S/C15H23N3O/c1-2-10-6-8-11(9-7-10)18-14-12(15(17)19)4-3-5-13(14)16/h3-5,10-11,18H,2,6-9,16H2,1H3,(H2,17,19). The zero-order chi connectivity index (χ0) is 13.8. The van der Waals surface area contributed by atoms with Gasteiger partial charge in [-0.2, -0.15) is 0 Å². The molecule has 4 nitrogen and oxygen atoms in total. The molecule has 104 valence electrons. The van der Waals surface area contributed by atoms with Crippen LogP contribution in [-0.4, -0.2) is 11.9 Å². The lowest BCUT2D eigenvalue weighted by Gasteiger charge is -2.30. The molecule has 1 aromatic rings. The maximum absolute atomic E-state index is 11.4. The van der Waals surface area contributed by atoms with E-state index in [9.17, 15) is 4.79 Å². The number of nitrogens with one attached hydrogen (secondary N) is 1. The van der Waals surface area contributed by atoms with Gasteiger partial charge in [0.1, 0.15) is 0 Å². The molecule has 1 aromatic carbocycles. The Bertz CT molecular complexity index is 451.